The van der Waals surface area contributed by atoms with Crippen molar-refractivity contribution in [1.29, 1.82) is 0 Å². The fourth-order valence-corrected chi connectivity index (χ4v) is 1.82. The van der Waals surface area contributed by atoms with Gasteiger partial charge in [-0.15, -0.1) is 0 Å². The molecule has 0 atom stereocenters. The number of aromatic nitrogens is 2. The van der Waals surface area contributed by atoms with Crippen molar-refractivity contribution in [3.63, 3.8) is 0 Å². The summed E-state index contributed by atoms with van der Waals surface area (Å²) in [7, 11) is 3.96. The van der Waals surface area contributed by atoms with Crippen LogP contribution >= 0.6 is 0 Å². The molecule has 2 rings (SSSR count). The van der Waals surface area contributed by atoms with Gasteiger partial charge in [0.25, 0.3) is 0 Å². The third-order valence-electron chi connectivity index (χ3n) is 2.46. The summed E-state index contributed by atoms with van der Waals surface area (Å²) in [6, 6.07) is 5.95. The van der Waals surface area contributed by atoms with Gasteiger partial charge >= 0.3 is 5.69 Å². The van der Waals surface area contributed by atoms with Crippen molar-refractivity contribution >= 4 is 11.0 Å². The minimum atomic E-state index is -0.157. The van der Waals surface area contributed by atoms with Gasteiger partial charge in [0.15, 0.2) is 0 Å². The Labute approximate surface area is 93.5 Å². The van der Waals surface area contributed by atoms with Crippen LogP contribution in [0.1, 0.15) is 5.56 Å². The zero-order chi connectivity index (χ0) is 11.5. The van der Waals surface area contributed by atoms with Crippen molar-refractivity contribution in [2.75, 3.05) is 20.8 Å². The molecule has 0 spiro atoms. The van der Waals surface area contributed by atoms with Crippen LogP contribution < -0.4 is 11.0 Å². The second-order valence-corrected chi connectivity index (χ2v) is 3.98. The molecule has 1 aromatic carbocycles. The van der Waals surface area contributed by atoms with Crippen LogP contribution in [-0.2, 0) is 6.54 Å². The molecule has 1 heterocycles. The molecule has 0 fully saturated rings. The Morgan fingerprint density at radius 1 is 1.31 bits per heavy atom. The van der Waals surface area contributed by atoms with Crippen molar-refractivity contribution in [1.82, 2.24) is 20.2 Å². The lowest BCUT2D eigenvalue weighted by Crippen LogP contribution is -2.27. The summed E-state index contributed by atoms with van der Waals surface area (Å²) < 4.78 is 0. The lowest BCUT2D eigenvalue weighted by atomic mass is 10.2. The van der Waals surface area contributed by atoms with Crippen LogP contribution in [0.4, 0.5) is 0 Å². The summed E-state index contributed by atoms with van der Waals surface area (Å²) in [5.74, 6) is 0. The molecule has 86 valence electrons. The number of aromatic amines is 2. The first kappa shape index (κ1) is 10.9. The average Bonchev–Trinajstić information content (AvgIpc) is 2.57. The average molecular weight is 220 g/mol. The highest BCUT2D eigenvalue weighted by molar-refractivity contribution is 5.74. The van der Waals surface area contributed by atoms with Gasteiger partial charge in [0.1, 0.15) is 0 Å². The highest BCUT2D eigenvalue weighted by Crippen LogP contribution is 2.11. The Kier molecular flexibility index (Phi) is 3.07. The summed E-state index contributed by atoms with van der Waals surface area (Å²) in [5.41, 5.74) is 2.74. The molecule has 0 radical (unpaired) electrons. The maximum atomic E-state index is 11.1. The van der Waals surface area contributed by atoms with Gasteiger partial charge in [-0.3, -0.25) is 4.90 Å². The number of H-pyrrole nitrogens is 2. The highest BCUT2D eigenvalue weighted by Gasteiger charge is 2.02. The fourth-order valence-electron chi connectivity index (χ4n) is 1.82. The Balaban J connectivity index is 2.22. The van der Waals surface area contributed by atoms with Gasteiger partial charge in [-0.25, -0.2) is 4.79 Å². The highest BCUT2D eigenvalue weighted by atomic mass is 16.1. The van der Waals surface area contributed by atoms with E-state index in [0.29, 0.717) is 0 Å². The molecule has 3 N–H and O–H groups in total. The maximum Gasteiger partial charge on any atom is 0.323 e. The van der Waals surface area contributed by atoms with E-state index < -0.39 is 0 Å². The summed E-state index contributed by atoms with van der Waals surface area (Å²) in [6.45, 7) is 1.69. The zero-order valence-electron chi connectivity index (χ0n) is 9.50. The van der Waals surface area contributed by atoms with E-state index in [9.17, 15) is 4.79 Å². The van der Waals surface area contributed by atoms with Crippen LogP contribution in [0.3, 0.4) is 0 Å². The van der Waals surface area contributed by atoms with Gasteiger partial charge in [0, 0.05) is 13.2 Å². The quantitative estimate of drug-likeness (QED) is 0.656. The van der Waals surface area contributed by atoms with Gasteiger partial charge in [0.2, 0.25) is 0 Å². The van der Waals surface area contributed by atoms with Gasteiger partial charge < -0.3 is 15.3 Å². The van der Waals surface area contributed by atoms with Crippen LogP contribution in [0.2, 0.25) is 0 Å². The Hall–Kier alpha value is -1.59. The fraction of sp³-hybridized carbons (Fsp3) is 0.364. The number of hydrogen-bond acceptors (Lipinski definition) is 3. The van der Waals surface area contributed by atoms with E-state index in [-0.39, 0.29) is 5.69 Å². The summed E-state index contributed by atoms with van der Waals surface area (Å²) in [5, 5.41) is 3.09. The Morgan fingerprint density at radius 3 is 2.81 bits per heavy atom. The minimum absolute atomic E-state index is 0.157. The molecule has 0 amide bonds. The molecule has 0 aliphatic rings. The number of imidazole rings is 1. The SMILES string of the molecule is CNCN(C)Cc1ccc2[nH]c(=O)[nH]c2c1. The molecular formula is C11H16N4O. The van der Waals surface area contributed by atoms with Crippen molar-refractivity contribution in [3.8, 4) is 0 Å². The molecule has 1 aromatic heterocycles. The molecule has 2 aromatic rings. The molecular weight excluding hydrogens is 204 g/mol. The number of hydrogen-bond donors (Lipinski definition) is 3. The molecule has 0 saturated carbocycles. The van der Waals surface area contributed by atoms with Gasteiger partial charge in [-0.05, 0) is 31.8 Å². The zero-order valence-corrected chi connectivity index (χ0v) is 9.50. The van der Waals surface area contributed by atoms with Gasteiger partial charge in [0.05, 0.1) is 11.0 Å². The van der Waals surface area contributed by atoms with E-state index in [4.69, 9.17) is 0 Å². The summed E-state index contributed by atoms with van der Waals surface area (Å²) in [4.78, 5) is 18.7. The number of nitrogens with one attached hydrogen (secondary N) is 3. The standard InChI is InChI=1S/C11H16N4O/c1-12-7-15(2)6-8-3-4-9-10(5-8)14-11(16)13-9/h3-5,12H,6-7H2,1-2H3,(H2,13,14,16). The topological polar surface area (TPSA) is 63.9 Å². The molecule has 5 nitrogen and oxygen atoms in total. The van der Waals surface area contributed by atoms with Crippen LogP contribution in [0.5, 0.6) is 0 Å². The molecule has 0 saturated heterocycles. The Bertz CT molecular complexity index is 528. The maximum absolute atomic E-state index is 11.1. The van der Waals surface area contributed by atoms with E-state index in [1.165, 1.54) is 5.56 Å². The summed E-state index contributed by atoms with van der Waals surface area (Å²) >= 11 is 0. The number of rotatable bonds is 4. The van der Waals surface area contributed by atoms with E-state index in [2.05, 4.69) is 20.2 Å². The third kappa shape index (κ3) is 2.32. The van der Waals surface area contributed by atoms with Crippen LogP contribution in [0.25, 0.3) is 11.0 Å². The van der Waals surface area contributed by atoms with Crippen LogP contribution in [0.15, 0.2) is 23.0 Å². The largest absolute Gasteiger partial charge is 0.323 e. The van der Waals surface area contributed by atoms with Crippen molar-refractivity contribution < 1.29 is 0 Å². The molecule has 0 aliphatic heterocycles. The second kappa shape index (κ2) is 4.51. The van der Waals surface area contributed by atoms with Gasteiger partial charge in [-0.1, -0.05) is 6.07 Å². The molecule has 0 aliphatic carbocycles. The number of benzene rings is 1. The molecule has 0 unspecified atom stereocenters. The predicted molar refractivity (Wildman–Crippen MR) is 64.3 cm³/mol. The van der Waals surface area contributed by atoms with Crippen molar-refractivity contribution in [3.05, 3.63) is 34.2 Å². The lowest BCUT2D eigenvalue weighted by Gasteiger charge is -2.15. The third-order valence-corrected chi connectivity index (χ3v) is 2.46. The molecule has 0 bridgehead atoms. The van der Waals surface area contributed by atoms with E-state index in [1.54, 1.807) is 0 Å². The van der Waals surface area contributed by atoms with E-state index in [1.807, 2.05) is 32.3 Å². The number of fused-ring (bicyclic) bond motifs is 1. The monoisotopic (exact) mass is 220 g/mol. The first-order chi connectivity index (χ1) is 7.69. The normalized spacial score (nSPS) is 11.4. The lowest BCUT2D eigenvalue weighted by molar-refractivity contribution is 0.310. The van der Waals surface area contributed by atoms with E-state index in [0.717, 1.165) is 24.2 Å². The first-order valence-electron chi connectivity index (χ1n) is 5.23. The second-order valence-electron chi connectivity index (χ2n) is 3.98. The van der Waals surface area contributed by atoms with Crippen molar-refractivity contribution in [2.24, 2.45) is 0 Å². The first-order valence-corrected chi connectivity index (χ1v) is 5.23. The predicted octanol–water partition coefficient (Wildman–Crippen LogP) is 0.465. The Morgan fingerprint density at radius 2 is 2.06 bits per heavy atom. The minimum Gasteiger partial charge on any atom is -0.307 e. The van der Waals surface area contributed by atoms with E-state index >= 15 is 0 Å². The smallest absolute Gasteiger partial charge is 0.307 e. The van der Waals surface area contributed by atoms with Crippen molar-refractivity contribution in [2.45, 2.75) is 6.54 Å². The van der Waals surface area contributed by atoms with Crippen LogP contribution in [0, 0.1) is 0 Å². The van der Waals surface area contributed by atoms with Gasteiger partial charge in [-0.2, -0.15) is 0 Å². The number of nitrogens with zero attached hydrogens (tertiary/aromatic N) is 1. The summed E-state index contributed by atoms with van der Waals surface area (Å²) in [6.07, 6.45) is 0. The van der Waals surface area contributed by atoms with Crippen LogP contribution in [-0.4, -0.2) is 35.6 Å². The molecule has 16 heavy (non-hydrogen) atoms. The molecule has 5 heteroatoms.